The first-order valence-electron chi connectivity index (χ1n) is 26.9. The summed E-state index contributed by atoms with van der Waals surface area (Å²) in [5.41, 5.74) is 9.83. The molecular weight excluding hydrogens is 897 g/mol. The Morgan fingerprint density at radius 3 is 1.42 bits per heavy atom. The number of unbranched alkanes of at least 4 members (excludes halogenated alkanes) is 7. The summed E-state index contributed by atoms with van der Waals surface area (Å²) in [7, 11) is -2.09. The molecule has 0 aliphatic heterocycles. The SMILES string of the molecule is C.C=C(C)[C@@H]1CCC(COC(C)=O)=C[C@H]1c1c(O)cc(C(C)(C)CCCCCCC)cc1O.C=C(C)[C@H]1CCC(COC(C)=O)=C[C@@H]1c1c(C)cc(C(C)(C)CCCCCC)cc1O[Si](C)(C)C(C)(C)C. The van der Waals surface area contributed by atoms with Crippen molar-refractivity contribution in [3.8, 4) is 17.2 Å². The monoisotopic (exact) mass is 999 g/mol. The van der Waals surface area contributed by atoms with E-state index in [1.54, 1.807) is 0 Å². The molecule has 0 saturated heterocycles. The van der Waals surface area contributed by atoms with E-state index in [1.165, 1.54) is 99.5 Å². The minimum Gasteiger partial charge on any atom is -0.543 e. The topological polar surface area (TPSA) is 102 Å². The normalized spacial score (nSPS) is 18.5. The molecular formula is C63H102O7Si. The number of carbonyl (C=O) groups is 2. The number of hydrogen-bond acceptors (Lipinski definition) is 7. The Bertz CT molecular complexity index is 2120. The average Bonchev–Trinajstić information content (AvgIpc) is 3.25. The fourth-order valence-corrected chi connectivity index (χ4v) is 11.2. The molecule has 2 aromatic carbocycles. The van der Waals surface area contributed by atoms with Gasteiger partial charge in [0.2, 0.25) is 8.32 Å². The van der Waals surface area contributed by atoms with Gasteiger partial charge >= 0.3 is 11.9 Å². The Morgan fingerprint density at radius 2 is 1.03 bits per heavy atom. The molecule has 4 rings (SSSR count). The molecule has 0 heterocycles. The van der Waals surface area contributed by atoms with Crippen molar-refractivity contribution < 1.29 is 33.7 Å². The highest BCUT2D eigenvalue weighted by Gasteiger charge is 2.41. The number of allylic oxidation sites excluding steroid dienone is 4. The second kappa shape index (κ2) is 27.9. The van der Waals surface area contributed by atoms with Crippen LogP contribution in [0.4, 0.5) is 0 Å². The number of hydrogen-bond donors (Lipinski definition) is 2. The molecule has 2 aliphatic carbocycles. The van der Waals surface area contributed by atoms with Crippen LogP contribution in [-0.4, -0.2) is 43.7 Å². The van der Waals surface area contributed by atoms with Crippen LogP contribution < -0.4 is 4.43 Å². The van der Waals surface area contributed by atoms with Gasteiger partial charge in [0.15, 0.2) is 0 Å². The smallest absolute Gasteiger partial charge is 0.302 e. The number of aromatic hydroxyl groups is 2. The molecule has 0 aromatic heterocycles. The zero-order valence-electron chi connectivity index (χ0n) is 47.1. The summed E-state index contributed by atoms with van der Waals surface area (Å²) in [5, 5.41) is 22.2. The number of esters is 2. The minimum atomic E-state index is -2.09. The molecule has 7 nitrogen and oxygen atoms in total. The predicted molar refractivity (Wildman–Crippen MR) is 304 cm³/mol. The van der Waals surface area contributed by atoms with E-state index >= 15 is 0 Å². The van der Waals surface area contributed by atoms with E-state index in [2.05, 4.69) is 121 Å². The zero-order chi connectivity index (χ0) is 52.8. The van der Waals surface area contributed by atoms with Crippen LogP contribution in [-0.2, 0) is 29.9 Å². The summed E-state index contributed by atoms with van der Waals surface area (Å²) in [6.45, 7) is 43.7. The second-order valence-electron chi connectivity index (χ2n) is 24.0. The molecule has 0 bridgehead atoms. The molecule has 2 aromatic rings. The number of aryl methyl sites for hydroxylation is 1. The van der Waals surface area contributed by atoms with Gasteiger partial charge in [-0.3, -0.25) is 9.59 Å². The molecule has 0 unspecified atom stereocenters. The van der Waals surface area contributed by atoms with Crippen LogP contribution in [0.2, 0.25) is 18.1 Å². The van der Waals surface area contributed by atoms with Crippen LogP contribution in [0, 0.1) is 18.8 Å². The lowest BCUT2D eigenvalue weighted by Crippen LogP contribution is -2.44. The van der Waals surface area contributed by atoms with Crippen LogP contribution in [0.25, 0.3) is 0 Å². The van der Waals surface area contributed by atoms with E-state index in [0.717, 1.165) is 61.0 Å². The summed E-state index contributed by atoms with van der Waals surface area (Å²) in [5.74, 6) is 1.18. The first-order chi connectivity index (χ1) is 32.6. The maximum absolute atomic E-state index is 11.5. The number of phenolic OH excluding ortho intramolecular Hbond substituents is 2. The summed E-state index contributed by atoms with van der Waals surface area (Å²) in [6.07, 6.45) is 21.4. The lowest BCUT2D eigenvalue weighted by Gasteiger charge is -2.40. The van der Waals surface area contributed by atoms with Crippen molar-refractivity contribution in [2.24, 2.45) is 11.8 Å². The molecule has 0 amide bonds. The van der Waals surface area contributed by atoms with Gasteiger partial charge in [0.1, 0.15) is 30.5 Å². The van der Waals surface area contributed by atoms with Gasteiger partial charge < -0.3 is 24.1 Å². The van der Waals surface area contributed by atoms with E-state index in [4.69, 9.17) is 13.9 Å². The van der Waals surface area contributed by atoms with Crippen LogP contribution in [0.1, 0.15) is 233 Å². The molecule has 4 atom stereocenters. The predicted octanol–water partition coefficient (Wildman–Crippen LogP) is 18.1. The number of phenols is 2. The molecule has 2 N–H and O–H groups in total. The van der Waals surface area contributed by atoms with Gasteiger partial charge in [-0.25, -0.2) is 0 Å². The van der Waals surface area contributed by atoms with Crippen molar-refractivity contribution in [3.05, 3.63) is 99.7 Å². The Hall–Kier alpha value is -4.04. The van der Waals surface area contributed by atoms with E-state index in [9.17, 15) is 19.8 Å². The van der Waals surface area contributed by atoms with Crippen LogP contribution in [0.3, 0.4) is 0 Å². The van der Waals surface area contributed by atoms with Gasteiger partial charge in [0.25, 0.3) is 0 Å². The van der Waals surface area contributed by atoms with Crippen LogP contribution in [0.5, 0.6) is 17.2 Å². The number of benzene rings is 2. The van der Waals surface area contributed by atoms with Crippen molar-refractivity contribution >= 4 is 20.3 Å². The standard InChI is InChI=1S/C34H56O3Si.C28H42O4.CH4/c1-13-14-15-16-19-34(9,10)28-20-25(4)32(31(22-28)37-38(11,12)33(6,7)8)30-21-27(23-36-26(5)35)17-18-29(30)24(2)3;1-7-8-9-10-11-14-28(5,6)22-16-25(30)27(26(31)17-22)24-15-21(18-32-20(4)29)12-13-23(24)19(2)3;/h20-22,29-30H,2,13-19,23H2,1,3-12H3;15-17,23-24,30-31H,2,7-14,18H2,1,3-6H3;1H4/t29-,30+;23-,24+;/m10./s1. The summed E-state index contributed by atoms with van der Waals surface area (Å²) >= 11 is 0. The van der Waals surface area contributed by atoms with Crippen molar-refractivity contribution in [3.63, 3.8) is 0 Å². The van der Waals surface area contributed by atoms with Gasteiger partial charge in [-0.05, 0) is 146 Å². The third-order valence-corrected chi connectivity index (χ3v) is 20.2. The maximum Gasteiger partial charge on any atom is 0.302 e. The van der Waals surface area contributed by atoms with Crippen LogP contribution in [0.15, 0.2) is 71.9 Å². The summed E-state index contributed by atoms with van der Waals surface area (Å²) in [6, 6.07) is 8.43. The third-order valence-electron chi connectivity index (χ3n) is 15.9. The molecule has 2 aliphatic rings. The third kappa shape index (κ3) is 18.4. The highest BCUT2D eigenvalue weighted by Crippen LogP contribution is 2.50. The fraction of sp³-hybridized carbons (Fsp3) is 0.651. The molecule has 0 fully saturated rings. The molecule has 400 valence electrons. The Morgan fingerprint density at radius 1 is 0.634 bits per heavy atom. The number of carbonyl (C=O) groups excluding carboxylic acids is 2. The first-order valence-corrected chi connectivity index (χ1v) is 29.8. The molecule has 0 spiro atoms. The molecule has 0 radical (unpaired) electrons. The van der Waals surface area contributed by atoms with E-state index in [1.807, 2.05) is 25.1 Å². The highest BCUT2D eigenvalue weighted by atomic mass is 28.4. The molecule has 8 heteroatoms. The Balaban J connectivity index is 0.000000487. The highest BCUT2D eigenvalue weighted by molar-refractivity contribution is 6.74. The average molecular weight is 1000 g/mol. The van der Waals surface area contributed by atoms with Gasteiger partial charge in [-0.15, -0.1) is 0 Å². The Kier molecular flexibility index (Phi) is 24.7. The van der Waals surface area contributed by atoms with Crippen molar-refractivity contribution in [1.29, 1.82) is 0 Å². The maximum atomic E-state index is 11.5. The lowest BCUT2D eigenvalue weighted by atomic mass is 9.71. The summed E-state index contributed by atoms with van der Waals surface area (Å²) < 4.78 is 17.8. The fourth-order valence-electron chi connectivity index (χ4n) is 10.2. The van der Waals surface area contributed by atoms with Crippen molar-refractivity contribution in [1.82, 2.24) is 0 Å². The lowest BCUT2D eigenvalue weighted by molar-refractivity contribution is -0.141. The van der Waals surface area contributed by atoms with Gasteiger partial charge in [-0.1, -0.05) is 170 Å². The van der Waals surface area contributed by atoms with E-state index in [0.29, 0.717) is 18.1 Å². The largest absolute Gasteiger partial charge is 0.543 e. The number of ether oxygens (including phenoxy) is 2. The van der Waals surface area contributed by atoms with E-state index < -0.39 is 8.32 Å². The number of rotatable bonds is 23. The molecule has 0 saturated carbocycles. The first kappa shape index (κ1) is 63.1. The van der Waals surface area contributed by atoms with Gasteiger partial charge in [-0.2, -0.15) is 0 Å². The summed E-state index contributed by atoms with van der Waals surface area (Å²) in [4.78, 5) is 22.8. The zero-order valence-corrected chi connectivity index (χ0v) is 48.1. The van der Waals surface area contributed by atoms with Crippen LogP contribution >= 0.6 is 0 Å². The molecule has 71 heavy (non-hydrogen) atoms. The minimum absolute atomic E-state index is 0. The van der Waals surface area contributed by atoms with E-state index in [-0.39, 0.29) is 71.1 Å². The van der Waals surface area contributed by atoms with Gasteiger partial charge in [0, 0.05) is 36.8 Å². The Labute approximate surface area is 435 Å². The van der Waals surface area contributed by atoms with Gasteiger partial charge in [0.05, 0.1) is 0 Å². The quantitative estimate of drug-likeness (QED) is 0.0495. The second-order valence-corrected chi connectivity index (χ2v) is 28.7. The van der Waals surface area contributed by atoms with Crippen molar-refractivity contribution in [2.75, 3.05) is 13.2 Å². The van der Waals surface area contributed by atoms with Crippen molar-refractivity contribution in [2.45, 2.75) is 241 Å².